The third-order valence-corrected chi connectivity index (χ3v) is 4.02. The summed E-state index contributed by atoms with van der Waals surface area (Å²) in [6.45, 7) is 2.80. The van der Waals surface area contributed by atoms with E-state index in [-0.39, 0.29) is 0 Å². The minimum absolute atomic E-state index is 0.435. The van der Waals surface area contributed by atoms with Crippen molar-refractivity contribution < 1.29 is 13.2 Å². The summed E-state index contributed by atoms with van der Waals surface area (Å²) >= 11 is 0. The maximum Gasteiger partial charge on any atom is 0.416 e. The van der Waals surface area contributed by atoms with Crippen LogP contribution in [-0.4, -0.2) is 6.04 Å². The smallest absolute Gasteiger partial charge is 0.310 e. The normalized spacial score (nSPS) is 18.7. The van der Waals surface area contributed by atoms with E-state index in [9.17, 15) is 13.2 Å². The number of halogens is 3. The van der Waals surface area contributed by atoms with Crippen molar-refractivity contribution in [3.63, 3.8) is 0 Å². The molecule has 19 heavy (non-hydrogen) atoms. The molecule has 1 unspecified atom stereocenters. The third kappa shape index (κ3) is 3.96. The van der Waals surface area contributed by atoms with Crippen molar-refractivity contribution in [2.75, 3.05) is 0 Å². The van der Waals surface area contributed by atoms with Crippen LogP contribution in [0.5, 0.6) is 0 Å². The molecule has 1 aliphatic rings. The van der Waals surface area contributed by atoms with Crippen molar-refractivity contribution in [2.24, 2.45) is 5.92 Å². The van der Waals surface area contributed by atoms with Crippen LogP contribution in [0, 0.1) is 5.92 Å². The number of hydrogen-bond donors (Lipinski definition) is 1. The monoisotopic (exact) mass is 271 g/mol. The molecule has 1 nitrogen and oxygen atoms in total. The molecular formula is C15H20F3N. The Labute approximate surface area is 112 Å². The van der Waals surface area contributed by atoms with Gasteiger partial charge in [-0.2, -0.15) is 13.2 Å². The van der Waals surface area contributed by atoms with Crippen molar-refractivity contribution >= 4 is 0 Å². The summed E-state index contributed by atoms with van der Waals surface area (Å²) in [5.41, 5.74) is 0.318. The number of rotatable bonds is 4. The Hall–Kier alpha value is -1.03. The average molecular weight is 271 g/mol. The van der Waals surface area contributed by atoms with Crippen LogP contribution < -0.4 is 5.32 Å². The van der Waals surface area contributed by atoms with Crippen LogP contribution >= 0.6 is 0 Å². The standard InChI is InChI=1S/C15H20F3N/c1-11(13-4-2-3-5-13)19-10-12-6-8-14(9-7-12)15(16,17)18/h6-9,11,13,19H,2-5,10H2,1H3. The Morgan fingerprint density at radius 2 is 1.74 bits per heavy atom. The lowest BCUT2D eigenvalue weighted by Gasteiger charge is -2.20. The number of hydrogen-bond acceptors (Lipinski definition) is 1. The minimum atomic E-state index is -4.25. The fourth-order valence-corrected chi connectivity index (χ4v) is 2.71. The lowest BCUT2D eigenvalue weighted by Crippen LogP contribution is -2.31. The Morgan fingerprint density at radius 3 is 2.26 bits per heavy atom. The van der Waals surface area contributed by atoms with Crippen molar-refractivity contribution in [3.05, 3.63) is 35.4 Å². The molecule has 4 heteroatoms. The molecule has 1 N–H and O–H groups in total. The van der Waals surface area contributed by atoms with E-state index in [4.69, 9.17) is 0 Å². The maximum atomic E-state index is 12.4. The van der Waals surface area contributed by atoms with Crippen LogP contribution in [0.3, 0.4) is 0 Å². The first-order chi connectivity index (χ1) is 8.97. The van der Waals surface area contributed by atoms with Gasteiger partial charge in [-0.1, -0.05) is 25.0 Å². The SMILES string of the molecule is CC(NCc1ccc(C(F)(F)F)cc1)C1CCCC1. The molecule has 0 radical (unpaired) electrons. The van der Waals surface area contributed by atoms with Gasteiger partial charge in [-0.25, -0.2) is 0 Å². The quantitative estimate of drug-likeness (QED) is 0.857. The van der Waals surface area contributed by atoms with Gasteiger partial charge < -0.3 is 5.32 Å². The van der Waals surface area contributed by atoms with Crippen molar-refractivity contribution in [1.29, 1.82) is 0 Å². The summed E-state index contributed by atoms with van der Waals surface area (Å²) in [5, 5.41) is 3.42. The van der Waals surface area contributed by atoms with E-state index in [2.05, 4.69) is 12.2 Å². The molecule has 0 spiro atoms. The predicted molar refractivity (Wildman–Crippen MR) is 69.7 cm³/mol. The van der Waals surface area contributed by atoms with Gasteiger partial charge in [0, 0.05) is 12.6 Å². The van der Waals surface area contributed by atoms with E-state index in [0.29, 0.717) is 12.6 Å². The highest BCUT2D eigenvalue weighted by atomic mass is 19.4. The van der Waals surface area contributed by atoms with Gasteiger partial charge >= 0.3 is 6.18 Å². The average Bonchev–Trinajstić information content (AvgIpc) is 2.89. The topological polar surface area (TPSA) is 12.0 Å². The lowest BCUT2D eigenvalue weighted by molar-refractivity contribution is -0.137. The van der Waals surface area contributed by atoms with Gasteiger partial charge in [0.2, 0.25) is 0 Å². The van der Waals surface area contributed by atoms with Gasteiger partial charge in [-0.3, -0.25) is 0 Å². The molecule has 2 rings (SSSR count). The molecule has 0 bridgehead atoms. The molecule has 106 valence electrons. The van der Waals surface area contributed by atoms with Crippen LogP contribution in [0.2, 0.25) is 0 Å². The molecule has 1 saturated carbocycles. The largest absolute Gasteiger partial charge is 0.416 e. The molecule has 0 amide bonds. The van der Waals surface area contributed by atoms with E-state index in [0.717, 1.165) is 23.6 Å². The van der Waals surface area contributed by atoms with Gasteiger partial charge in [-0.05, 0) is 43.4 Å². The molecule has 0 heterocycles. The van der Waals surface area contributed by atoms with Gasteiger partial charge in [0.05, 0.1) is 5.56 Å². The summed E-state index contributed by atoms with van der Waals surface area (Å²) in [4.78, 5) is 0. The molecule has 1 atom stereocenters. The summed E-state index contributed by atoms with van der Waals surface area (Å²) < 4.78 is 37.3. The Morgan fingerprint density at radius 1 is 1.16 bits per heavy atom. The van der Waals surface area contributed by atoms with Crippen molar-refractivity contribution in [2.45, 2.75) is 51.4 Å². The van der Waals surface area contributed by atoms with E-state index < -0.39 is 11.7 Å². The van der Waals surface area contributed by atoms with Crippen LogP contribution in [-0.2, 0) is 12.7 Å². The van der Waals surface area contributed by atoms with Crippen molar-refractivity contribution in [3.8, 4) is 0 Å². The fourth-order valence-electron chi connectivity index (χ4n) is 2.71. The Kier molecular flexibility index (Phi) is 4.50. The zero-order valence-electron chi connectivity index (χ0n) is 11.1. The molecule has 0 aromatic heterocycles. The summed E-state index contributed by atoms with van der Waals surface area (Å²) in [6, 6.07) is 5.84. The molecule has 1 fully saturated rings. The second kappa shape index (κ2) is 5.95. The molecule has 0 aliphatic heterocycles. The zero-order chi connectivity index (χ0) is 13.9. The van der Waals surface area contributed by atoms with Crippen LogP contribution in [0.15, 0.2) is 24.3 Å². The molecule has 1 aliphatic carbocycles. The van der Waals surface area contributed by atoms with E-state index in [1.54, 1.807) is 12.1 Å². The van der Waals surface area contributed by atoms with Crippen LogP contribution in [0.25, 0.3) is 0 Å². The highest BCUT2D eigenvalue weighted by Crippen LogP contribution is 2.29. The molecule has 1 aromatic rings. The molecular weight excluding hydrogens is 251 g/mol. The first kappa shape index (κ1) is 14.4. The summed E-state index contributed by atoms with van der Waals surface area (Å²) in [5.74, 6) is 0.717. The first-order valence-corrected chi connectivity index (χ1v) is 6.86. The molecule has 0 saturated heterocycles. The highest BCUT2D eigenvalue weighted by Gasteiger charge is 2.29. The number of alkyl halides is 3. The zero-order valence-corrected chi connectivity index (χ0v) is 11.1. The predicted octanol–water partition coefficient (Wildman–Crippen LogP) is 4.37. The highest BCUT2D eigenvalue weighted by molar-refractivity contribution is 5.24. The lowest BCUT2D eigenvalue weighted by atomic mass is 9.99. The fraction of sp³-hybridized carbons (Fsp3) is 0.600. The Bertz CT molecular complexity index is 391. The van der Waals surface area contributed by atoms with Crippen LogP contribution in [0.1, 0.15) is 43.7 Å². The van der Waals surface area contributed by atoms with Gasteiger partial charge in [-0.15, -0.1) is 0 Å². The Balaban J connectivity index is 1.86. The van der Waals surface area contributed by atoms with Crippen molar-refractivity contribution in [1.82, 2.24) is 5.32 Å². The van der Waals surface area contributed by atoms with Gasteiger partial charge in [0.15, 0.2) is 0 Å². The van der Waals surface area contributed by atoms with Crippen LogP contribution in [0.4, 0.5) is 13.2 Å². The first-order valence-electron chi connectivity index (χ1n) is 6.86. The third-order valence-electron chi connectivity index (χ3n) is 4.02. The number of nitrogens with one attached hydrogen (secondary N) is 1. The van der Waals surface area contributed by atoms with Gasteiger partial charge in [0.25, 0.3) is 0 Å². The number of benzene rings is 1. The van der Waals surface area contributed by atoms with Gasteiger partial charge in [0.1, 0.15) is 0 Å². The maximum absolute atomic E-state index is 12.4. The van der Waals surface area contributed by atoms with E-state index in [1.807, 2.05) is 0 Å². The van der Waals surface area contributed by atoms with E-state index >= 15 is 0 Å². The molecule has 1 aromatic carbocycles. The second-order valence-corrected chi connectivity index (χ2v) is 5.41. The minimum Gasteiger partial charge on any atom is -0.310 e. The van der Waals surface area contributed by atoms with E-state index in [1.165, 1.54) is 25.7 Å². The summed E-state index contributed by atoms with van der Waals surface area (Å²) in [6.07, 6.45) is 0.888. The summed E-state index contributed by atoms with van der Waals surface area (Å²) in [7, 11) is 0. The second-order valence-electron chi connectivity index (χ2n) is 5.41.